The molecule has 1 rings (SSSR count). The van der Waals surface area contributed by atoms with Gasteiger partial charge in [0.2, 0.25) is 0 Å². The maximum absolute atomic E-state index is 12.8. The number of carbonyl (C=O) groups is 1. The van der Waals surface area contributed by atoms with Crippen molar-refractivity contribution in [1.82, 2.24) is 4.90 Å². The van der Waals surface area contributed by atoms with Crippen LogP contribution in [-0.4, -0.2) is 34.4 Å². The first-order chi connectivity index (χ1) is 8.95. The average molecular weight is 267 g/mol. The quantitative estimate of drug-likeness (QED) is 0.369. The van der Waals surface area contributed by atoms with Crippen LogP contribution in [0, 0.1) is 5.82 Å². The summed E-state index contributed by atoms with van der Waals surface area (Å²) in [6.07, 6.45) is 0.279. The molecule has 1 aromatic rings. The van der Waals surface area contributed by atoms with Gasteiger partial charge in [0, 0.05) is 24.6 Å². The van der Waals surface area contributed by atoms with Gasteiger partial charge in [-0.15, -0.1) is 0 Å². The lowest BCUT2D eigenvalue weighted by atomic mass is 10.1. The van der Waals surface area contributed by atoms with Crippen molar-refractivity contribution in [3.63, 3.8) is 0 Å². The van der Waals surface area contributed by atoms with E-state index in [1.807, 2.05) is 13.8 Å². The maximum atomic E-state index is 12.8. The Bertz CT molecular complexity index is 457. The van der Waals surface area contributed by atoms with E-state index in [4.69, 9.17) is 10.9 Å². The summed E-state index contributed by atoms with van der Waals surface area (Å²) in [7, 11) is 0. The lowest BCUT2D eigenvalue weighted by Crippen LogP contribution is -2.39. The fraction of sp³-hybridized carbons (Fsp3) is 0.385. The van der Waals surface area contributed by atoms with E-state index in [0.717, 1.165) is 0 Å². The number of benzene rings is 1. The zero-order valence-electron chi connectivity index (χ0n) is 11.0. The topological polar surface area (TPSA) is 78.9 Å². The van der Waals surface area contributed by atoms with Crippen molar-refractivity contribution >= 4 is 11.7 Å². The molecule has 1 amide bonds. The van der Waals surface area contributed by atoms with Gasteiger partial charge in [0.15, 0.2) is 0 Å². The molecule has 0 aliphatic heterocycles. The molecule has 104 valence electrons. The van der Waals surface area contributed by atoms with Gasteiger partial charge in [0.1, 0.15) is 11.7 Å². The van der Waals surface area contributed by atoms with Gasteiger partial charge in [0.25, 0.3) is 5.91 Å². The van der Waals surface area contributed by atoms with Crippen LogP contribution in [0.5, 0.6) is 0 Å². The Balaban J connectivity index is 2.81. The van der Waals surface area contributed by atoms with Gasteiger partial charge in [-0.1, -0.05) is 5.16 Å². The summed E-state index contributed by atoms with van der Waals surface area (Å²) in [5.74, 6) is -0.525. The van der Waals surface area contributed by atoms with E-state index >= 15 is 0 Å². The van der Waals surface area contributed by atoms with Gasteiger partial charge in [-0.2, -0.15) is 0 Å². The molecule has 0 radical (unpaired) electrons. The highest BCUT2D eigenvalue weighted by Crippen LogP contribution is 2.10. The molecular formula is C13H18FN3O2. The van der Waals surface area contributed by atoms with Crippen LogP contribution in [-0.2, 0) is 0 Å². The molecule has 0 fully saturated rings. The number of carbonyl (C=O) groups excluding carboxylic acids is 1. The standard InChI is InChI=1S/C13H18FN3O2/c1-9(2)17(8-7-12(15)16-19)13(18)10-3-5-11(14)6-4-10/h3-6,9,19H,7-8H2,1-2H3,(H2,15,16). The molecule has 6 heteroatoms. The second-order valence-electron chi connectivity index (χ2n) is 4.44. The van der Waals surface area contributed by atoms with Crippen molar-refractivity contribution in [1.29, 1.82) is 0 Å². The third-order valence-corrected chi connectivity index (χ3v) is 2.71. The second kappa shape index (κ2) is 6.72. The van der Waals surface area contributed by atoms with E-state index in [1.165, 1.54) is 24.3 Å². The molecule has 0 saturated carbocycles. The van der Waals surface area contributed by atoms with E-state index in [2.05, 4.69) is 5.16 Å². The predicted molar refractivity (Wildman–Crippen MR) is 70.6 cm³/mol. The van der Waals surface area contributed by atoms with Gasteiger partial charge in [-0.3, -0.25) is 4.79 Å². The van der Waals surface area contributed by atoms with Crippen LogP contribution in [0.1, 0.15) is 30.6 Å². The van der Waals surface area contributed by atoms with Crippen LogP contribution < -0.4 is 5.73 Å². The molecule has 19 heavy (non-hydrogen) atoms. The van der Waals surface area contributed by atoms with Gasteiger partial charge in [0.05, 0.1) is 0 Å². The first-order valence-corrected chi connectivity index (χ1v) is 5.98. The third kappa shape index (κ3) is 4.24. The largest absolute Gasteiger partial charge is 0.409 e. The van der Waals surface area contributed by atoms with Crippen LogP contribution >= 0.6 is 0 Å². The fourth-order valence-corrected chi connectivity index (χ4v) is 1.64. The molecular weight excluding hydrogens is 249 g/mol. The van der Waals surface area contributed by atoms with E-state index in [-0.39, 0.29) is 30.0 Å². The SMILES string of the molecule is CC(C)N(CC/C(N)=N/O)C(=O)c1ccc(F)cc1. The molecule has 0 aliphatic rings. The number of hydrogen-bond donors (Lipinski definition) is 2. The van der Waals surface area contributed by atoms with Gasteiger partial charge >= 0.3 is 0 Å². The Morgan fingerprint density at radius 3 is 2.47 bits per heavy atom. The highest BCUT2D eigenvalue weighted by Gasteiger charge is 2.18. The number of amides is 1. The molecule has 1 aromatic carbocycles. The first kappa shape index (κ1) is 14.9. The van der Waals surface area contributed by atoms with Gasteiger partial charge in [-0.05, 0) is 38.1 Å². The highest BCUT2D eigenvalue weighted by atomic mass is 19.1. The van der Waals surface area contributed by atoms with E-state index in [9.17, 15) is 9.18 Å². The second-order valence-corrected chi connectivity index (χ2v) is 4.44. The lowest BCUT2D eigenvalue weighted by molar-refractivity contribution is 0.0711. The molecule has 0 atom stereocenters. The Morgan fingerprint density at radius 2 is 2.00 bits per heavy atom. The van der Waals surface area contributed by atoms with Crippen LogP contribution in [0.4, 0.5) is 4.39 Å². The summed E-state index contributed by atoms with van der Waals surface area (Å²) < 4.78 is 12.8. The first-order valence-electron chi connectivity index (χ1n) is 5.98. The monoisotopic (exact) mass is 267 g/mol. The van der Waals surface area contributed by atoms with E-state index in [0.29, 0.717) is 12.1 Å². The summed E-state index contributed by atoms with van der Waals surface area (Å²) in [4.78, 5) is 13.8. The van der Waals surface area contributed by atoms with Gasteiger partial charge in [-0.25, -0.2) is 4.39 Å². The number of nitrogens with zero attached hydrogens (tertiary/aromatic N) is 2. The minimum atomic E-state index is -0.385. The lowest BCUT2D eigenvalue weighted by Gasteiger charge is -2.26. The normalized spacial score (nSPS) is 11.7. The van der Waals surface area contributed by atoms with Crippen LogP contribution in [0.2, 0.25) is 0 Å². The van der Waals surface area contributed by atoms with Crippen LogP contribution in [0.25, 0.3) is 0 Å². The number of hydrogen-bond acceptors (Lipinski definition) is 3. The summed E-state index contributed by atoms with van der Waals surface area (Å²) >= 11 is 0. The number of halogens is 1. The zero-order valence-corrected chi connectivity index (χ0v) is 11.0. The average Bonchev–Trinajstić information content (AvgIpc) is 2.38. The fourth-order valence-electron chi connectivity index (χ4n) is 1.64. The molecule has 3 N–H and O–H groups in total. The molecule has 0 aliphatic carbocycles. The Labute approximate surface area is 111 Å². The summed E-state index contributed by atoms with van der Waals surface area (Å²) in [6, 6.07) is 5.33. The Hall–Kier alpha value is -2.11. The smallest absolute Gasteiger partial charge is 0.254 e. The third-order valence-electron chi connectivity index (χ3n) is 2.71. The minimum Gasteiger partial charge on any atom is -0.409 e. The summed E-state index contributed by atoms with van der Waals surface area (Å²) in [6.45, 7) is 4.07. The van der Waals surface area contributed by atoms with Crippen molar-refractivity contribution in [3.8, 4) is 0 Å². The highest BCUT2D eigenvalue weighted by molar-refractivity contribution is 5.94. The summed E-state index contributed by atoms with van der Waals surface area (Å²) in [5.41, 5.74) is 5.80. The molecule has 0 heterocycles. The minimum absolute atomic E-state index is 0.0379. The van der Waals surface area contributed by atoms with Crippen LogP contribution in [0.15, 0.2) is 29.4 Å². The molecule has 0 unspecified atom stereocenters. The van der Waals surface area contributed by atoms with Gasteiger partial charge < -0.3 is 15.8 Å². The molecule has 5 nitrogen and oxygen atoms in total. The Morgan fingerprint density at radius 1 is 1.42 bits per heavy atom. The van der Waals surface area contributed by atoms with Crippen molar-refractivity contribution in [3.05, 3.63) is 35.6 Å². The maximum Gasteiger partial charge on any atom is 0.254 e. The van der Waals surface area contributed by atoms with Crippen molar-refractivity contribution in [2.24, 2.45) is 10.9 Å². The van der Waals surface area contributed by atoms with Crippen molar-refractivity contribution in [2.45, 2.75) is 26.3 Å². The van der Waals surface area contributed by atoms with Crippen molar-refractivity contribution in [2.75, 3.05) is 6.54 Å². The van der Waals surface area contributed by atoms with E-state index < -0.39 is 0 Å². The molecule has 0 saturated heterocycles. The molecule has 0 spiro atoms. The van der Waals surface area contributed by atoms with Crippen molar-refractivity contribution < 1.29 is 14.4 Å². The molecule has 0 bridgehead atoms. The predicted octanol–water partition coefficient (Wildman–Crippen LogP) is 1.81. The summed E-state index contributed by atoms with van der Waals surface area (Å²) in [5, 5.41) is 11.4. The number of nitrogens with two attached hydrogens (primary N) is 1. The molecule has 0 aromatic heterocycles. The zero-order chi connectivity index (χ0) is 14.4. The van der Waals surface area contributed by atoms with E-state index in [1.54, 1.807) is 4.90 Å². The Kier molecular flexibility index (Phi) is 5.29. The number of rotatable bonds is 5. The number of amidine groups is 1. The number of oxime groups is 1. The van der Waals surface area contributed by atoms with Crippen LogP contribution in [0.3, 0.4) is 0 Å².